The normalized spacial score (nSPS) is 10.4. The quantitative estimate of drug-likeness (QED) is 0.0591. The Bertz CT molecular complexity index is 4390. The minimum Gasteiger partial charge on any atom is -0.497 e. The highest BCUT2D eigenvalue weighted by Gasteiger charge is 2.05. The summed E-state index contributed by atoms with van der Waals surface area (Å²) in [5.74, 6) is 0.856. The van der Waals surface area contributed by atoms with Gasteiger partial charge in [-0.05, 0) is 173 Å². The van der Waals surface area contributed by atoms with Gasteiger partial charge in [-0.2, -0.15) is 30.6 Å². The van der Waals surface area contributed by atoms with Gasteiger partial charge in [0, 0.05) is 31.9 Å². The van der Waals surface area contributed by atoms with Gasteiger partial charge in [-0.3, -0.25) is 35.6 Å². The second kappa shape index (κ2) is 34.5. The Morgan fingerprint density at radius 3 is 1.19 bits per heavy atom. The van der Waals surface area contributed by atoms with Crippen molar-refractivity contribution in [1.29, 1.82) is 0 Å². The van der Waals surface area contributed by atoms with Crippen LogP contribution >= 0.6 is 147 Å². The molecule has 12 rings (SSSR count). The molecule has 0 amide bonds. The fourth-order valence-electron chi connectivity index (χ4n) is 7.20. The number of hydrogen-bond acceptors (Lipinski definition) is 14. The summed E-state index contributed by atoms with van der Waals surface area (Å²) in [4.78, 5) is 4.02. The summed E-state index contributed by atoms with van der Waals surface area (Å²) < 4.78 is 20.9. The van der Waals surface area contributed by atoms with Gasteiger partial charge in [-0.1, -0.05) is 129 Å². The number of rotatable bonds is 13. The number of nitrogens with one attached hydrogen (secondary N) is 6. The van der Waals surface area contributed by atoms with Crippen LogP contribution in [0.5, 0.6) is 5.75 Å². The summed E-state index contributed by atoms with van der Waals surface area (Å²) in [5.41, 5.74) is 6.56. The van der Waals surface area contributed by atoms with Gasteiger partial charge < -0.3 is 32.1 Å². The van der Waals surface area contributed by atoms with Crippen molar-refractivity contribution in [1.82, 2.24) is 93.6 Å². The van der Waals surface area contributed by atoms with Crippen molar-refractivity contribution >= 4 is 147 Å². The highest BCUT2D eigenvalue weighted by atomic mass is 79.9. The first-order valence-corrected chi connectivity index (χ1v) is 30.1. The van der Waals surface area contributed by atoms with E-state index >= 15 is 0 Å². The molecule has 0 saturated carbocycles. The summed E-state index contributed by atoms with van der Waals surface area (Å²) in [6, 6.07) is 38.5. The van der Waals surface area contributed by atoms with E-state index in [0.29, 0.717) is 74.9 Å². The number of nitrogens with zero attached hydrogens (tertiary/aromatic N) is 13. The summed E-state index contributed by atoms with van der Waals surface area (Å²) in [6.45, 7) is 4.10. The lowest BCUT2D eigenvalue weighted by Gasteiger charge is -2.04. The van der Waals surface area contributed by atoms with Crippen LogP contribution in [0, 0.1) is 28.6 Å². The number of aromatic nitrogens is 19. The number of methoxy groups -OCH3 is 1. The van der Waals surface area contributed by atoms with Crippen LogP contribution in [-0.2, 0) is 39.3 Å². The maximum atomic E-state index is 6.04. The molecule has 0 saturated heterocycles. The average molecular weight is 1430 g/mol. The molecule has 20 nitrogen and oxygen atoms in total. The molecule has 32 heteroatoms. The monoisotopic (exact) mass is 1430 g/mol. The number of benzene rings is 5. The van der Waals surface area contributed by atoms with Crippen LogP contribution in [0.3, 0.4) is 0 Å². The SMILES string of the molecule is COc1ccc(Cn2cn[nH]c2=S)cc1.S=c1[nH]ncn1Cc1ccc(Br)cc1.S=c1[nH]ncn1Cc1ccc(Cl)c(Cl)c1.S=c1[nH]ncn1Cc1ccc(Cl)cc1Cl.S=c1[nH]ncn1Cc1cccc(Cl)c1.S=c1[nH]ncn1Cc1cccnc1. The highest BCUT2D eigenvalue weighted by Crippen LogP contribution is 2.24. The van der Waals surface area contributed by atoms with Gasteiger partial charge in [-0.25, -0.2) is 0 Å². The lowest BCUT2D eigenvalue weighted by atomic mass is 10.2. The van der Waals surface area contributed by atoms with E-state index in [1.807, 2.05) is 120 Å². The van der Waals surface area contributed by atoms with Gasteiger partial charge in [0.25, 0.3) is 0 Å². The molecule has 0 spiro atoms. The molecule has 7 heterocycles. The van der Waals surface area contributed by atoms with Gasteiger partial charge in [0.1, 0.15) is 43.7 Å². The van der Waals surface area contributed by atoms with Crippen LogP contribution < -0.4 is 4.74 Å². The highest BCUT2D eigenvalue weighted by molar-refractivity contribution is 9.10. The largest absolute Gasteiger partial charge is 0.497 e. The van der Waals surface area contributed by atoms with Gasteiger partial charge in [0.2, 0.25) is 0 Å². The number of hydrogen-bond donors (Lipinski definition) is 6. The summed E-state index contributed by atoms with van der Waals surface area (Å²) in [6.07, 6.45) is 13.6. The molecule has 0 aliphatic rings. The first-order valence-electron chi connectivity index (χ1n) is 25.0. The van der Waals surface area contributed by atoms with Crippen LogP contribution in [-0.4, -0.2) is 101 Å². The smallest absolute Gasteiger partial charge is 0.195 e. The molecular weight excluding hydrogens is 1380 g/mol. The number of aromatic amines is 6. The molecule has 12 aromatic rings. The van der Waals surface area contributed by atoms with Gasteiger partial charge in [0.15, 0.2) is 28.6 Å². The van der Waals surface area contributed by atoms with Crippen LogP contribution in [0.15, 0.2) is 176 Å². The van der Waals surface area contributed by atoms with Crippen molar-refractivity contribution in [3.63, 3.8) is 0 Å². The van der Waals surface area contributed by atoms with Crippen LogP contribution in [0.25, 0.3) is 0 Å². The predicted octanol–water partition coefficient (Wildman–Crippen LogP) is 15.4. The lowest BCUT2D eigenvalue weighted by Crippen LogP contribution is -1.98. The first kappa shape index (κ1) is 66.7. The minimum absolute atomic E-state index is 0.546. The second-order valence-corrected chi connectivity index (χ2v) is 23.0. The van der Waals surface area contributed by atoms with Crippen molar-refractivity contribution in [2.75, 3.05) is 7.11 Å². The summed E-state index contributed by atoms with van der Waals surface area (Å²) >= 11 is 63.0. The zero-order chi connectivity index (χ0) is 61.4. The third-order valence-electron chi connectivity index (χ3n) is 11.5. The average Bonchev–Trinajstić information content (AvgIpc) is 4.55. The molecule has 7 aromatic heterocycles. The molecule has 0 aliphatic carbocycles. The Hall–Kier alpha value is -6.86. The molecule has 86 heavy (non-hydrogen) atoms. The second-order valence-electron chi connectivity index (χ2n) is 17.7. The molecular formula is C54H49BrCl5N19OS6. The molecule has 5 aromatic carbocycles. The number of ether oxygens (including phenoxy) is 1. The van der Waals surface area contributed by atoms with E-state index in [9.17, 15) is 0 Å². The van der Waals surface area contributed by atoms with Gasteiger partial charge >= 0.3 is 0 Å². The van der Waals surface area contributed by atoms with Crippen molar-refractivity contribution in [2.24, 2.45) is 0 Å². The molecule has 0 aliphatic heterocycles. The van der Waals surface area contributed by atoms with E-state index in [-0.39, 0.29) is 0 Å². The Kier molecular flexibility index (Phi) is 26.7. The third-order valence-corrected chi connectivity index (χ3v) is 15.5. The Morgan fingerprint density at radius 2 is 0.791 bits per heavy atom. The fourth-order valence-corrected chi connectivity index (χ4v) is 9.45. The molecule has 0 radical (unpaired) electrons. The van der Waals surface area contributed by atoms with Crippen LogP contribution in [0.2, 0.25) is 25.1 Å². The van der Waals surface area contributed by atoms with Crippen molar-refractivity contribution in [3.8, 4) is 5.75 Å². The Labute approximate surface area is 555 Å². The first-order chi connectivity index (χ1) is 41.5. The van der Waals surface area contributed by atoms with E-state index in [0.717, 1.165) is 56.2 Å². The number of halogens is 6. The summed E-state index contributed by atoms with van der Waals surface area (Å²) in [5, 5.41) is 42.3. The molecule has 0 atom stereocenters. The zero-order valence-electron chi connectivity index (χ0n) is 44.8. The zero-order valence-corrected chi connectivity index (χ0v) is 55.1. The number of pyridine rings is 1. The van der Waals surface area contributed by atoms with Crippen molar-refractivity contribution in [3.05, 3.63) is 263 Å². The molecule has 444 valence electrons. The van der Waals surface area contributed by atoms with E-state index in [1.54, 1.807) is 74.0 Å². The Balaban J connectivity index is 0.000000148. The third kappa shape index (κ3) is 21.8. The molecule has 6 N–H and O–H groups in total. The van der Waals surface area contributed by atoms with Crippen molar-refractivity contribution < 1.29 is 4.74 Å². The standard InChI is InChI=1S/C10H11N3OS.C9H8BrN3S.2C9H7Cl2N3S.C9H8ClN3S.C8H8N4S/c1-14-9-4-2-8(3-5-9)6-13-7-11-12-10(13)15;10-8-3-1-7(2-4-8)5-13-6-11-12-9(13)14;10-7-2-1-6(8(11)3-7)4-14-5-12-13-9(14)15;10-7-2-1-6(3-8(7)11)4-14-5-12-13-9(14)15;10-8-3-1-2-7(4-8)5-13-6-11-12-9(13)14;13-8-11-10-6-12(8)5-7-2-1-3-9-4-7/h2-5,7H,6H2,1H3,(H,12,15);1-4,6H,5H2,(H,12,14);2*1-3,5H,4H2,(H,13,15);1-4,6H,5H2,(H,12,14);1-4,6H,5H2,(H,11,13). The predicted molar refractivity (Wildman–Crippen MR) is 355 cm³/mol. The number of H-pyrrole nitrogens is 6. The Morgan fingerprint density at radius 1 is 0.395 bits per heavy atom. The topological polar surface area (TPSA) is 224 Å². The summed E-state index contributed by atoms with van der Waals surface area (Å²) in [7, 11) is 1.65. The van der Waals surface area contributed by atoms with Gasteiger partial charge in [0.05, 0.1) is 56.4 Å². The fraction of sp³-hybridized carbons (Fsp3) is 0.130. The molecule has 0 unspecified atom stereocenters. The maximum absolute atomic E-state index is 6.04. The minimum atomic E-state index is 0.546. The van der Waals surface area contributed by atoms with Gasteiger partial charge in [-0.15, -0.1) is 0 Å². The van der Waals surface area contributed by atoms with Crippen molar-refractivity contribution in [2.45, 2.75) is 39.3 Å². The van der Waals surface area contributed by atoms with E-state index in [1.165, 1.54) is 5.56 Å². The molecule has 0 fully saturated rings. The van der Waals surface area contributed by atoms with E-state index < -0.39 is 0 Å². The van der Waals surface area contributed by atoms with Crippen LogP contribution in [0.4, 0.5) is 0 Å². The van der Waals surface area contributed by atoms with E-state index in [2.05, 4.69) is 94.2 Å². The lowest BCUT2D eigenvalue weighted by molar-refractivity contribution is 0.414. The van der Waals surface area contributed by atoms with E-state index in [4.69, 9.17) is 136 Å². The maximum Gasteiger partial charge on any atom is 0.195 e. The molecule has 0 bridgehead atoms. The van der Waals surface area contributed by atoms with Crippen LogP contribution in [0.1, 0.15) is 33.4 Å².